The fourth-order valence-corrected chi connectivity index (χ4v) is 2.70. The van der Waals surface area contributed by atoms with E-state index < -0.39 is 6.10 Å². The van der Waals surface area contributed by atoms with Crippen molar-refractivity contribution in [2.75, 3.05) is 6.61 Å². The van der Waals surface area contributed by atoms with E-state index in [1.807, 2.05) is 29.9 Å². The number of hydrogen-bond donors (Lipinski definition) is 1. The molecule has 2 unspecified atom stereocenters. The number of fused-ring (bicyclic) bond motifs is 3. The Morgan fingerprint density at radius 3 is 3.14 bits per heavy atom. The molecule has 0 aliphatic carbocycles. The van der Waals surface area contributed by atoms with Crippen molar-refractivity contribution in [2.45, 2.75) is 39.0 Å². The van der Waals surface area contributed by atoms with Gasteiger partial charge in [-0.3, -0.25) is 4.68 Å². The van der Waals surface area contributed by atoms with Gasteiger partial charge in [0.1, 0.15) is 5.75 Å². The summed E-state index contributed by atoms with van der Waals surface area (Å²) < 4.78 is 12.6. The van der Waals surface area contributed by atoms with Crippen LogP contribution in [0.3, 0.4) is 0 Å². The highest BCUT2D eigenvalue weighted by molar-refractivity contribution is 5.87. The van der Waals surface area contributed by atoms with Crippen LogP contribution in [-0.4, -0.2) is 34.5 Å². The molecular weight excluding hydrogens is 270 g/mol. The molecular formula is C15H19N3O3. The molecule has 0 saturated heterocycles. The second-order valence-corrected chi connectivity index (χ2v) is 5.35. The fourth-order valence-electron chi connectivity index (χ4n) is 2.70. The maximum Gasteiger partial charge on any atom is 0.347 e. The highest BCUT2D eigenvalue weighted by atomic mass is 16.6. The molecule has 112 valence electrons. The van der Waals surface area contributed by atoms with Crippen molar-refractivity contribution in [3.63, 3.8) is 0 Å². The molecule has 0 bridgehead atoms. The summed E-state index contributed by atoms with van der Waals surface area (Å²) in [5.41, 5.74) is 7.87. The highest BCUT2D eigenvalue weighted by Crippen LogP contribution is 2.35. The van der Waals surface area contributed by atoms with E-state index in [1.165, 1.54) is 0 Å². The van der Waals surface area contributed by atoms with Crippen molar-refractivity contribution in [3.05, 3.63) is 23.9 Å². The molecule has 1 aromatic heterocycles. The minimum absolute atomic E-state index is 0.00660. The van der Waals surface area contributed by atoms with Gasteiger partial charge in [-0.25, -0.2) is 4.79 Å². The second kappa shape index (κ2) is 5.37. The van der Waals surface area contributed by atoms with Crippen LogP contribution in [0.15, 0.2) is 18.3 Å². The topological polar surface area (TPSA) is 79.4 Å². The third-order valence-corrected chi connectivity index (χ3v) is 3.53. The third-order valence-electron chi connectivity index (χ3n) is 3.53. The summed E-state index contributed by atoms with van der Waals surface area (Å²) in [6.07, 6.45) is 1.76. The highest BCUT2D eigenvalue weighted by Gasteiger charge is 2.32. The van der Waals surface area contributed by atoms with Gasteiger partial charge in [0.15, 0.2) is 6.10 Å². The van der Waals surface area contributed by atoms with Crippen LogP contribution in [-0.2, 0) is 22.5 Å². The first-order valence-electron chi connectivity index (χ1n) is 7.16. The van der Waals surface area contributed by atoms with Gasteiger partial charge in [0, 0.05) is 23.4 Å². The van der Waals surface area contributed by atoms with E-state index in [-0.39, 0.29) is 12.0 Å². The van der Waals surface area contributed by atoms with Gasteiger partial charge in [-0.2, -0.15) is 5.10 Å². The first kappa shape index (κ1) is 13.9. The van der Waals surface area contributed by atoms with Crippen molar-refractivity contribution >= 4 is 16.9 Å². The zero-order valence-electron chi connectivity index (χ0n) is 12.2. The van der Waals surface area contributed by atoms with Gasteiger partial charge in [-0.15, -0.1) is 0 Å². The Morgan fingerprint density at radius 1 is 1.62 bits per heavy atom. The average molecular weight is 289 g/mol. The molecule has 6 nitrogen and oxygen atoms in total. The number of ether oxygens (including phenoxy) is 2. The van der Waals surface area contributed by atoms with Crippen molar-refractivity contribution < 1.29 is 14.3 Å². The Kier molecular flexibility index (Phi) is 3.55. The normalized spacial score (nSPS) is 18.3. The molecule has 3 rings (SSSR count). The molecule has 2 N–H and O–H groups in total. The zero-order chi connectivity index (χ0) is 15.0. The lowest BCUT2D eigenvalue weighted by atomic mass is 10.1. The molecule has 0 saturated carbocycles. The second-order valence-electron chi connectivity index (χ2n) is 5.35. The number of hydrogen-bond acceptors (Lipinski definition) is 5. The number of aromatic nitrogens is 2. The molecule has 6 heteroatoms. The summed E-state index contributed by atoms with van der Waals surface area (Å²) in [4.78, 5) is 11.9. The Labute approximate surface area is 122 Å². The van der Waals surface area contributed by atoms with Gasteiger partial charge in [0.25, 0.3) is 0 Å². The molecule has 0 amide bonds. The van der Waals surface area contributed by atoms with E-state index in [2.05, 4.69) is 5.10 Å². The maximum atomic E-state index is 11.9. The van der Waals surface area contributed by atoms with Crippen LogP contribution < -0.4 is 10.5 Å². The molecule has 1 aliphatic rings. The summed E-state index contributed by atoms with van der Waals surface area (Å²) >= 11 is 0. The Balaban J connectivity index is 1.97. The van der Waals surface area contributed by atoms with Crippen LogP contribution in [0, 0.1) is 0 Å². The largest absolute Gasteiger partial charge is 0.478 e. The van der Waals surface area contributed by atoms with E-state index in [4.69, 9.17) is 15.2 Å². The number of benzene rings is 1. The molecule has 0 radical (unpaired) electrons. The van der Waals surface area contributed by atoms with Crippen molar-refractivity contribution in [3.8, 4) is 5.75 Å². The lowest BCUT2D eigenvalue weighted by Crippen LogP contribution is -2.27. The minimum atomic E-state index is -0.566. The molecule has 2 atom stereocenters. The number of carbonyl (C=O) groups is 1. The number of nitrogens with two attached hydrogens (primary N) is 1. The van der Waals surface area contributed by atoms with E-state index in [0.717, 1.165) is 22.2 Å². The fraction of sp³-hybridized carbons (Fsp3) is 0.467. The predicted octanol–water partition coefficient (Wildman–Crippen LogP) is 1.25. The van der Waals surface area contributed by atoms with E-state index in [1.54, 1.807) is 6.92 Å². The standard InChI is InChI=1S/C15H19N3O3/c1-3-20-15(19)13-6-11-12(21-13)5-4-10-7-17-18(14(10)11)8-9(2)16/h4-5,7,9,13H,3,6,8,16H2,1-2H3. The lowest BCUT2D eigenvalue weighted by molar-refractivity contribution is -0.150. The Bertz CT molecular complexity index is 678. The van der Waals surface area contributed by atoms with E-state index in [9.17, 15) is 4.79 Å². The van der Waals surface area contributed by atoms with Gasteiger partial charge < -0.3 is 15.2 Å². The maximum absolute atomic E-state index is 11.9. The summed E-state index contributed by atoms with van der Waals surface area (Å²) in [6, 6.07) is 3.84. The lowest BCUT2D eigenvalue weighted by Gasteiger charge is -2.08. The van der Waals surface area contributed by atoms with Crippen LogP contribution in [0.2, 0.25) is 0 Å². The smallest absolute Gasteiger partial charge is 0.347 e. The van der Waals surface area contributed by atoms with Gasteiger partial charge >= 0.3 is 5.97 Å². The molecule has 2 aromatic rings. The minimum Gasteiger partial charge on any atom is -0.478 e. The Hall–Kier alpha value is -2.08. The summed E-state index contributed by atoms with van der Waals surface area (Å²) in [5.74, 6) is 0.409. The number of nitrogens with zero attached hydrogens (tertiary/aromatic N) is 2. The number of esters is 1. The number of carbonyl (C=O) groups excluding carboxylic acids is 1. The van der Waals surface area contributed by atoms with Crippen LogP contribution in [0.4, 0.5) is 0 Å². The molecule has 21 heavy (non-hydrogen) atoms. The summed E-state index contributed by atoms with van der Waals surface area (Å²) in [6.45, 7) is 4.71. The van der Waals surface area contributed by atoms with Crippen molar-refractivity contribution in [2.24, 2.45) is 5.73 Å². The zero-order valence-corrected chi connectivity index (χ0v) is 12.2. The molecule has 1 aromatic carbocycles. The van der Waals surface area contributed by atoms with Crippen molar-refractivity contribution in [1.82, 2.24) is 9.78 Å². The van der Waals surface area contributed by atoms with Gasteiger partial charge in [-0.05, 0) is 26.0 Å². The molecule has 0 spiro atoms. The average Bonchev–Trinajstić information content (AvgIpc) is 3.01. The van der Waals surface area contributed by atoms with Crippen LogP contribution >= 0.6 is 0 Å². The molecule has 2 heterocycles. The third kappa shape index (κ3) is 2.47. The number of rotatable bonds is 4. The first-order valence-corrected chi connectivity index (χ1v) is 7.16. The predicted molar refractivity (Wildman–Crippen MR) is 78.1 cm³/mol. The quantitative estimate of drug-likeness (QED) is 0.857. The van der Waals surface area contributed by atoms with Gasteiger partial charge in [0.2, 0.25) is 0 Å². The van der Waals surface area contributed by atoms with Crippen LogP contribution in [0.1, 0.15) is 19.4 Å². The van der Waals surface area contributed by atoms with Crippen LogP contribution in [0.5, 0.6) is 5.75 Å². The van der Waals surface area contributed by atoms with Crippen molar-refractivity contribution in [1.29, 1.82) is 0 Å². The SMILES string of the molecule is CCOC(=O)C1Cc2c(ccc3cnn(CC(C)N)c23)O1. The van der Waals surface area contributed by atoms with Crippen LogP contribution in [0.25, 0.3) is 10.9 Å². The van der Waals surface area contributed by atoms with Gasteiger partial charge in [0.05, 0.1) is 24.9 Å². The summed E-state index contributed by atoms with van der Waals surface area (Å²) in [7, 11) is 0. The summed E-state index contributed by atoms with van der Waals surface area (Å²) in [5, 5.41) is 5.41. The molecule has 1 aliphatic heterocycles. The van der Waals surface area contributed by atoms with E-state index in [0.29, 0.717) is 19.6 Å². The molecule has 0 fully saturated rings. The van der Waals surface area contributed by atoms with E-state index >= 15 is 0 Å². The Morgan fingerprint density at radius 2 is 2.43 bits per heavy atom. The monoisotopic (exact) mass is 289 g/mol. The first-order chi connectivity index (χ1) is 10.1. The van der Waals surface area contributed by atoms with Gasteiger partial charge in [-0.1, -0.05) is 0 Å².